The smallest absolute Gasteiger partial charge is 0.407 e. The van der Waals surface area contributed by atoms with Gasteiger partial charge in [0.25, 0.3) is 0 Å². The van der Waals surface area contributed by atoms with Crippen molar-refractivity contribution >= 4 is 12.2 Å². The lowest BCUT2D eigenvalue weighted by Gasteiger charge is -2.21. The van der Waals surface area contributed by atoms with E-state index >= 15 is 0 Å². The van der Waals surface area contributed by atoms with Gasteiger partial charge in [-0.05, 0) is 32.8 Å². The van der Waals surface area contributed by atoms with Crippen LogP contribution in [0.25, 0.3) is 0 Å². The molecule has 0 unspecified atom stereocenters. The minimum Gasteiger partial charge on any atom is -0.445 e. The molecule has 0 aliphatic rings. The number of rotatable bonds is 7. The maximum atomic E-state index is 11.8. The fourth-order valence-corrected chi connectivity index (χ4v) is 1.84. The Morgan fingerprint density at radius 3 is 2.42 bits per heavy atom. The first-order valence-electron chi connectivity index (χ1n) is 7.94. The Morgan fingerprint density at radius 1 is 1.17 bits per heavy atom. The van der Waals surface area contributed by atoms with Crippen LogP contribution in [-0.4, -0.2) is 36.9 Å². The van der Waals surface area contributed by atoms with Crippen LogP contribution in [-0.2, 0) is 16.1 Å². The summed E-state index contributed by atoms with van der Waals surface area (Å²) in [6.07, 6.45) is -0.549. The fourth-order valence-electron chi connectivity index (χ4n) is 1.84. The molecule has 0 radical (unpaired) electrons. The lowest BCUT2D eigenvalue weighted by Crippen LogP contribution is -2.43. The molecular formula is C17H27N3O4. The molecule has 1 aromatic carbocycles. The van der Waals surface area contributed by atoms with Gasteiger partial charge in [0, 0.05) is 19.1 Å². The summed E-state index contributed by atoms with van der Waals surface area (Å²) in [6.45, 7) is 6.16. The summed E-state index contributed by atoms with van der Waals surface area (Å²) in [5, 5.41) is 5.31. The van der Waals surface area contributed by atoms with Crippen molar-refractivity contribution in [3.05, 3.63) is 35.9 Å². The summed E-state index contributed by atoms with van der Waals surface area (Å²) in [5.41, 5.74) is 5.99. The summed E-state index contributed by atoms with van der Waals surface area (Å²) >= 11 is 0. The van der Waals surface area contributed by atoms with Gasteiger partial charge in [0.1, 0.15) is 12.2 Å². The lowest BCUT2D eigenvalue weighted by molar-refractivity contribution is 0.0526. The van der Waals surface area contributed by atoms with Crippen molar-refractivity contribution in [2.24, 2.45) is 5.73 Å². The Kier molecular flexibility index (Phi) is 8.05. The molecule has 0 heterocycles. The highest BCUT2D eigenvalue weighted by atomic mass is 16.6. The quantitative estimate of drug-likeness (QED) is 0.707. The van der Waals surface area contributed by atoms with Crippen molar-refractivity contribution in [3.8, 4) is 0 Å². The number of alkyl carbamates (subject to hydrolysis) is 2. The molecule has 0 aliphatic carbocycles. The number of benzene rings is 1. The number of carbonyl (C=O) groups excluding carboxylic acids is 2. The molecule has 2 amide bonds. The third-order valence-electron chi connectivity index (χ3n) is 2.98. The number of amides is 2. The van der Waals surface area contributed by atoms with Gasteiger partial charge in [-0.15, -0.1) is 0 Å². The second-order valence-electron chi connectivity index (χ2n) is 6.36. The van der Waals surface area contributed by atoms with Crippen LogP contribution >= 0.6 is 0 Å². The van der Waals surface area contributed by atoms with E-state index in [0.717, 1.165) is 5.56 Å². The second kappa shape index (κ2) is 9.77. The van der Waals surface area contributed by atoms with Crippen LogP contribution in [0.5, 0.6) is 0 Å². The Balaban J connectivity index is 2.26. The number of hydrogen-bond acceptors (Lipinski definition) is 5. The molecule has 7 heteroatoms. The minimum atomic E-state index is -0.545. The molecule has 0 saturated heterocycles. The second-order valence-corrected chi connectivity index (χ2v) is 6.36. The van der Waals surface area contributed by atoms with Gasteiger partial charge in [0.15, 0.2) is 0 Å². The number of ether oxygens (including phenoxy) is 2. The topological polar surface area (TPSA) is 103 Å². The number of nitrogens with one attached hydrogen (secondary N) is 2. The lowest BCUT2D eigenvalue weighted by atomic mass is 10.2. The van der Waals surface area contributed by atoms with Crippen molar-refractivity contribution in [1.82, 2.24) is 10.6 Å². The van der Waals surface area contributed by atoms with E-state index in [0.29, 0.717) is 13.0 Å². The molecule has 0 aliphatic heterocycles. The van der Waals surface area contributed by atoms with E-state index in [1.165, 1.54) is 0 Å². The van der Waals surface area contributed by atoms with Crippen molar-refractivity contribution in [1.29, 1.82) is 0 Å². The Bertz CT molecular complexity index is 514. The van der Waals surface area contributed by atoms with Gasteiger partial charge in [-0.25, -0.2) is 9.59 Å². The molecule has 0 spiro atoms. The van der Waals surface area contributed by atoms with E-state index in [2.05, 4.69) is 10.6 Å². The maximum absolute atomic E-state index is 11.8. The van der Waals surface area contributed by atoms with Crippen LogP contribution < -0.4 is 16.4 Å². The molecule has 134 valence electrons. The SMILES string of the molecule is CC(C)(C)OC(=O)NCC[C@@H](CN)NC(=O)OCc1ccccc1. The number of carbonyl (C=O) groups is 2. The first-order valence-corrected chi connectivity index (χ1v) is 7.94. The third-order valence-corrected chi connectivity index (χ3v) is 2.98. The molecule has 0 saturated carbocycles. The van der Waals surface area contributed by atoms with E-state index in [9.17, 15) is 9.59 Å². The normalized spacial score (nSPS) is 12.2. The van der Waals surface area contributed by atoms with Gasteiger partial charge in [-0.1, -0.05) is 30.3 Å². The molecule has 1 atom stereocenters. The minimum absolute atomic E-state index is 0.195. The first kappa shape index (κ1) is 19.8. The molecule has 24 heavy (non-hydrogen) atoms. The largest absolute Gasteiger partial charge is 0.445 e. The summed E-state index contributed by atoms with van der Waals surface area (Å²) in [5.74, 6) is 0. The van der Waals surface area contributed by atoms with E-state index in [1.54, 1.807) is 20.8 Å². The van der Waals surface area contributed by atoms with E-state index in [1.807, 2.05) is 30.3 Å². The highest BCUT2D eigenvalue weighted by molar-refractivity contribution is 5.68. The van der Waals surface area contributed by atoms with Crippen LogP contribution in [0.4, 0.5) is 9.59 Å². The van der Waals surface area contributed by atoms with E-state index < -0.39 is 17.8 Å². The average molecular weight is 337 g/mol. The van der Waals surface area contributed by atoms with Crippen molar-refractivity contribution < 1.29 is 19.1 Å². The highest BCUT2D eigenvalue weighted by Crippen LogP contribution is 2.06. The summed E-state index contributed by atoms with van der Waals surface area (Å²) in [7, 11) is 0. The van der Waals surface area contributed by atoms with Crippen molar-refractivity contribution in [2.75, 3.05) is 13.1 Å². The molecule has 7 nitrogen and oxygen atoms in total. The molecule has 0 bridgehead atoms. The van der Waals surface area contributed by atoms with Gasteiger partial charge in [-0.2, -0.15) is 0 Å². The summed E-state index contributed by atoms with van der Waals surface area (Å²) < 4.78 is 10.3. The van der Waals surface area contributed by atoms with Gasteiger partial charge in [0.05, 0.1) is 0 Å². The van der Waals surface area contributed by atoms with Crippen LogP contribution in [0.1, 0.15) is 32.8 Å². The van der Waals surface area contributed by atoms with Crippen LogP contribution in [0.15, 0.2) is 30.3 Å². The molecular weight excluding hydrogens is 310 g/mol. The van der Waals surface area contributed by atoms with Gasteiger partial charge >= 0.3 is 12.2 Å². The van der Waals surface area contributed by atoms with Crippen LogP contribution in [0.3, 0.4) is 0 Å². The zero-order valence-electron chi connectivity index (χ0n) is 14.5. The van der Waals surface area contributed by atoms with Crippen LogP contribution in [0, 0.1) is 0 Å². The molecule has 0 aromatic heterocycles. The summed E-state index contributed by atoms with van der Waals surface area (Å²) in [4.78, 5) is 23.3. The maximum Gasteiger partial charge on any atom is 0.407 e. The van der Waals surface area contributed by atoms with Crippen LogP contribution in [0.2, 0.25) is 0 Å². The monoisotopic (exact) mass is 337 g/mol. The molecule has 1 rings (SSSR count). The Hall–Kier alpha value is -2.28. The van der Waals surface area contributed by atoms with Gasteiger partial charge in [-0.3, -0.25) is 0 Å². The Labute approximate surface area is 142 Å². The number of nitrogens with two attached hydrogens (primary N) is 1. The number of hydrogen-bond donors (Lipinski definition) is 3. The molecule has 0 fully saturated rings. The highest BCUT2D eigenvalue weighted by Gasteiger charge is 2.17. The zero-order valence-corrected chi connectivity index (χ0v) is 14.5. The zero-order chi connectivity index (χ0) is 18.0. The average Bonchev–Trinajstić information content (AvgIpc) is 2.51. The van der Waals surface area contributed by atoms with Crippen molar-refractivity contribution in [3.63, 3.8) is 0 Å². The van der Waals surface area contributed by atoms with E-state index in [4.69, 9.17) is 15.2 Å². The molecule has 1 aromatic rings. The summed E-state index contributed by atoms with van der Waals surface area (Å²) in [6, 6.07) is 9.11. The van der Waals surface area contributed by atoms with E-state index in [-0.39, 0.29) is 19.2 Å². The Morgan fingerprint density at radius 2 is 1.83 bits per heavy atom. The predicted molar refractivity (Wildman–Crippen MR) is 91.5 cm³/mol. The van der Waals surface area contributed by atoms with Gasteiger partial charge < -0.3 is 25.8 Å². The molecule has 4 N–H and O–H groups in total. The van der Waals surface area contributed by atoms with Crippen molar-refractivity contribution in [2.45, 2.75) is 45.4 Å². The fraction of sp³-hybridized carbons (Fsp3) is 0.529. The third kappa shape index (κ3) is 8.99. The van der Waals surface area contributed by atoms with Gasteiger partial charge in [0.2, 0.25) is 0 Å². The standard InChI is InChI=1S/C17H27N3O4/c1-17(2,3)24-15(21)19-10-9-14(11-18)20-16(22)23-12-13-7-5-4-6-8-13/h4-8,14H,9-12,18H2,1-3H3,(H,19,21)(H,20,22)/t14-/m0/s1. The first-order chi connectivity index (χ1) is 11.3. The predicted octanol–water partition coefficient (Wildman–Crippen LogP) is 2.15.